The summed E-state index contributed by atoms with van der Waals surface area (Å²) in [4.78, 5) is 6.49. The van der Waals surface area contributed by atoms with E-state index in [2.05, 4.69) is 16.8 Å². The number of likely N-dealkylation sites (tertiary alicyclic amines) is 1. The lowest BCUT2D eigenvalue weighted by atomic mass is 9.98. The highest BCUT2D eigenvalue weighted by molar-refractivity contribution is 5.78. The van der Waals surface area contributed by atoms with E-state index in [9.17, 15) is 5.11 Å². The molecule has 1 rings (SSSR count). The van der Waals surface area contributed by atoms with Crippen LogP contribution in [0.4, 0.5) is 0 Å². The Kier molecular flexibility index (Phi) is 5.25. The van der Waals surface area contributed by atoms with Crippen LogP contribution >= 0.6 is 0 Å². The van der Waals surface area contributed by atoms with E-state index in [-0.39, 0.29) is 0 Å². The van der Waals surface area contributed by atoms with Crippen molar-refractivity contribution in [2.75, 3.05) is 19.6 Å². The van der Waals surface area contributed by atoms with Crippen molar-refractivity contribution in [2.45, 2.75) is 52.1 Å². The summed E-state index contributed by atoms with van der Waals surface area (Å²) in [5, 5.41) is 10.1. The maximum Gasteiger partial charge on any atom is 0.191 e. The van der Waals surface area contributed by atoms with E-state index in [1.165, 1.54) is 12.8 Å². The van der Waals surface area contributed by atoms with Gasteiger partial charge in [0.15, 0.2) is 5.96 Å². The van der Waals surface area contributed by atoms with E-state index in [0.717, 1.165) is 31.8 Å². The molecule has 1 aliphatic rings. The minimum absolute atomic E-state index is 0.415. The van der Waals surface area contributed by atoms with Gasteiger partial charge in [0, 0.05) is 13.1 Å². The Labute approximate surface area is 105 Å². The smallest absolute Gasteiger partial charge is 0.191 e. The molecule has 17 heavy (non-hydrogen) atoms. The Hall–Kier alpha value is -0.770. The third-order valence-electron chi connectivity index (χ3n) is 3.96. The molecule has 1 heterocycles. The molecule has 1 aliphatic heterocycles. The molecule has 0 aromatic heterocycles. The first-order valence-electron chi connectivity index (χ1n) is 6.78. The van der Waals surface area contributed by atoms with Crippen LogP contribution in [0.2, 0.25) is 0 Å². The molecule has 100 valence electrons. The van der Waals surface area contributed by atoms with Crippen LogP contribution in [0.1, 0.15) is 46.5 Å². The van der Waals surface area contributed by atoms with E-state index in [4.69, 9.17) is 5.73 Å². The average molecular weight is 241 g/mol. The van der Waals surface area contributed by atoms with Crippen LogP contribution in [0.25, 0.3) is 0 Å². The number of hydrogen-bond donors (Lipinski definition) is 2. The molecule has 0 spiro atoms. The average Bonchev–Trinajstić information content (AvgIpc) is 2.36. The molecular formula is C13H27N3O. The molecule has 0 aromatic rings. The molecular weight excluding hydrogens is 214 g/mol. The van der Waals surface area contributed by atoms with Gasteiger partial charge >= 0.3 is 0 Å². The third-order valence-corrected chi connectivity index (χ3v) is 3.96. The summed E-state index contributed by atoms with van der Waals surface area (Å²) in [5.41, 5.74) is 5.29. The molecule has 0 amide bonds. The molecule has 3 N–H and O–H groups in total. The largest absolute Gasteiger partial charge is 0.388 e. The molecule has 0 aromatic carbocycles. The molecule has 1 saturated heterocycles. The van der Waals surface area contributed by atoms with Crippen LogP contribution in [0, 0.1) is 5.92 Å². The van der Waals surface area contributed by atoms with Gasteiger partial charge in [-0.3, -0.25) is 4.99 Å². The lowest BCUT2D eigenvalue weighted by Crippen LogP contribution is -2.43. The highest BCUT2D eigenvalue weighted by Gasteiger charge is 2.23. The maximum absolute atomic E-state index is 10.1. The number of nitrogens with two attached hydrogens (primary N) is 1. The van der Waals surface area contributed by atoms with Gasteiger partial charge in [-0.2, -0.15) is 0 Å². The van der Waals surface area contributed by atoms with Crippen molar-refractivity contribution in [1.82, 2.24) is 4.90 Å². The summed E-state index contributed by atoms with van der Waals surface area (Å²) in [6, 6.07) is 0. The van der Waals surface area contributed by atoms with Gasteiger partial charge < -0.3 is 15.7 Å². The molecule has 4 heteroatoms. The second-order valence-electron chi connectivity index (χ2n) is 5.28. The van der Waals surface area contributed by atoms with Crippen molar-refractivity contribution >= 4 is 5.96 Å². The van der Waals surface area contributed by atoms with Gasteiger partial charge in [0.05, 0.1) is 12.1 Å². The SMILES string of the molecule is CCC(O)(CC)CN=C(N)N1CCC(C)CC1. The summed E-state index contributed by atoms with van der Waals surface area (Å²) >= 11 is 0. The first kappa shape index (κ1) is 14.3. The van der Waals surface area contributed by atoms with E-state index in [1.54, 1.807) is 0 Å². The summed E-state index contributed by atoms with van der Waals surface area (Å²) in [6.45, 7) is 8.64. The van der Waals surface area contributed by atoms with Crippen molar-refractivity contribution in [2.24, 2.45) is 16.6 Å². The fourth-order valence-electron chi connectivity index (χ4n) is 2.04. The zero-order valence-corrected chi connectivity index (χ0v) is 11.4. The fraction of sp³-hybridized carbons (Fsp3) is 0.923. The Bertz CT molecular complexity index is 253. The number of hydrogen-bond acceptors (Lipinski definition) is 2. The quantitative estimate of drug-likeness (QED) is 0.580. The summed E-state index contributed by atoms with van der Waals surface area (Å²) in [6.07, 6.45) is 3.80. The van der Waals surface area contributed by atoms with E-state index in [0.29, 0.717) is 12.5 Å². The van der Waals surface area contributed by atoms with E-state index < -0.39 is 5.60 Å². The van der Waals surface area contributed by atoms with Crippen LogP contribution in [0.15, 0.2) is 4.99 Å². The second-order valence-corrected chi connectivity index (χ2v) is 5.28. The topological polar surface area (TPSA) is 61.9 Å². The van der Waals surface area contributed by atoms with Crippen LogP contribution in [-0.4, -0.2) is 41.2 Å². The minimum atomic E-state index is -0.687. The highest BCUT2D eigenvalue weighted by atomic mass is 16.3. The monoisotopic (exact) mass is 241 g/mol. The van der Waals surface area contributed by atoms with Crippen molar-refractivity contribution in [3.8, 4) is 0 Å². The van der Waals surface area contributed by atoms with Gasteiger partial charge in [-0.05, 0) is 31.6 Å². The van der Waals surface area contributed by atoms with Crippen LogP contribution in [0.5, 0.6) is 0 Å². The molecule has 0 radical (unpaired) electrons. The number of nitrogens with zero attached hydrogens (tertiary/aromatic N) is 2. The standard InChI is InChI=1S/C13H27N3O/c1-4-13(17,5-2)10-15-12(14)16-8-6-11(3)7-9-16/h11,17H,4-10H2,1-3H3,(H2,14,15). The lowest BCUT2D eigenvalue weighted by Gasteiger charge is -2.31. The van der Waals surface area contributed by atoms with Gasteiger partial charge in [-0.1, -0.05) is 20.8 Å². The first-order valence-corrected chi connectivity index (χ1v) is 6.78. The molecule has 4 nitrogen and oxygen atoms in total. The van der Waals surface area contributed by atoms with Crippen molar-refractivity contribution < 1.29 is 5.11 Å². The Morgan fingerprint density at radius 3 is 2.35 bits per heavy atom. The van der Waals surface area contributed by atoms with Gasteiger partial charge in [0.2, 0.25) is 0 Å². The third kappa shape index (κ3) is 4.19. The molecule has 0 saturated carbocycles. The van der Waals surface area contributed by atoms with Crippen molar-refractivity contribution in [1.29, 1.82) is 0 Å². The number of aliphatic imine (C=N–C) groups is 1. The minimum Gasteiger partial charge on any atom is -0.388 e. The normalized spacial score (nSPS) is 19.8. The Morgan fingerprint density at radius 2 is 1.88 bits per heavy atom. The van der Waals surface area contributed by atoms with Crippen LogP contribution < -0.4 is 5.73 Å². The molecule has 1 fully saturated rings. The number of guanidine groups is 1. The second kappa shape index (κ2) is 6.24. The summed E-state index contributed by atoms with van der Waals surface area (Å²) in [5.74, 6) is 1.39. The Balaban J connectivity index is 2.49. The van der Waals surface area contributed by atoms with Gasteiger partial charge in [0.1, 0.15) is 0 Å². The zero-order valence-electron chi connectivity index (χ0n) is 11.4. The zero-order chi connectivity index (χ0) is 12.9. The van der Waals surface area contributed by atoms with Gasteiger partial charge in [-0.25, -0.2) is 0 Å². The molecule has 0 unspecified atom stereocenters. The molecule has 0 aliphatic carbocycles. The molecule has 0 bridgehead atoms. The van der Waals surface area contributed by atoms with Crippen LogP contribution in [0.3, 0.4) is 0 Å². The van der Waals surface area contributed by atoms with Gasteiger partial charge in [-0.15, -0.1) is 0 Å². The number of piperidine rings is 1. The first-order chi connectivity index (χ1) is 8.00. The van der Waals surface area contributed by atoms with Crippen molar-refractivity contribution in [3.63, 3.8) is 0 Å². The fourth-order valence-corrected chi connectivity index (χ4v) is 2.04. The highest BCUT2D eigenvalue weighted by Crippen LogP contribution is 2.17. The van der Waals surface area contributed by atoms with Crippen LogP contribution in [-0.2, 0) is 0 Å². The molecule has 0 atom stereocenters. The number of aliphatic hydroxyl groups is 1. The van der Waals surface area contributed by atoms with Gasteiger partial charge in [0.25, 0.3) is 0 Å². The predicted molar refractivity (Wildman–Crippen MR) is 72.0 cm³/mol. The summed E-state index contributed by atoms with van der Waals surface area (Å²) < 4.78 is 0. The predicted octanol–water partition coefficient (Wildman–Crippen LogP) is 1.58. The summed E-state index contributed by atoms with van der Waals surface area (Å²) in [7, 11) is 0. The van der Waals surface area contributed by atoms with E-state index in [1.807, 2.05) is 13.8 Å². The Morgan fingerprint density at radius 1 is 1.35 bits per heavy atom. The van der Waals surface area contributed by atoms with E-state index >= 15 is 0 Å². The number of rotatable bonds is 4. The maximum atomic E-state index is 10.1. The lowest BCUT2D eigenvalue weighted by molar-refractivity contribution is 0.0415. The van der Waals surface area contributed by atoms with Crippen molar-refractivity contribution in [3.05, 3.63) is 0 Å².